The molecule has 0 amide bonds. The fourth-order valence-electron chi connectivity index (χ4n) is 7.58. The second-order valence-corrected chi connectivity index (χ2v) is 11.6. The number of fused-ring (bicyclic) bond motifs is 3. The zero-order chi connectivity index (χ0) is 25.9. The van der Waals surface area contributed by atoms with Crippen LogP contribution in [0.1, 0.15) is 95.6 Å². The summed E-state index contributed by atoms with van der Waals surface area (Å²) in [6, 6.07) is 8.72. The van der Waals surface area contributed by atoms with E-state index < -0.39 is 18.0 Å². The topological polar surface area (TPSA) is 83.5 Å². The normalized spacial score (nSPS) is 27.7. The number of nitrogens with two attached hydrogens (primary N) is 1. The smallest absolute Gasteiger partial charge is 0.309 e. The average molecular weight is 498 g/mol. The molecule has 1 aromatic carbocycles. The van der Waals surface area contributed by atoms with Crippen molar-refractivity contribution in [2.24, 2.45) is 41.2 Å². The molecule has 36 heavy (non-hydrogen) atoms. The lowest BCUT2D eigenvalue weighted by Crippen LogP contribution is -2.50. The summed E-state index contributed by atoms with van der Waals surface area (Å²) in [6.07, 6.45) is 18.8. The molecule has 3 rings (SSSR count). The van der Waals surface area contributed by atoms with Gasteiger partial charge < -0.3 is 15.9 Å². The van der Waals surface area contributed by atoms with Gasteiger partial charge in [-0.2, -0.15) is 0 Å². The highest BCUT2D eigenvalue weighted by atomic mass is 16.4. The molecule has 1 aromatic rings. The monoisotopic (exact) mass is 497 g/mol. The van der Waals surface area contributed by atoms with Gasteiger partial charge >= 0.3 is 5.97 Å². The molecule has 202 valence electrons. The van der Waals surface area contributed by atoms with E-state index in [0.29, 0.717) is 18.4 Å². The molecule has 1 fully saturated rings. The zero-order valence-electron chi connectivity index (χ0n) is 22.8. The van der Waals surface area contributed by atoms with Gasteiger partial charge in [0.05, 0.1) is 12.0 Å². The number of benzene rings is 1. The summed E-state index contributed by atoms with van der Waals surface area (Å²) in [4.78, 5) is 12.5. The van der Waals surface area contributed by atoms with Crippen molar-refractivity contribution in [3.8, 4) is 0 Å². The Balaban J connectivity index is 1.80. The summed E-state index contributed by atoms with van der Waals surface area (Å²) >= 11 is 0. The van der Waals surface area contributed by atoms with E-state index in [1.165, 1.54) is 49.7 Å². The van der Waals surface area contributed by atoms with Crippen molar-refractivity contribution in [1.29, 1.82) is 0 Å². The maximum absolute atomic E-state index is 12.5. The number of rotatable bonds is 14. The molecule has 2 aliphatic rings. The van der Waals surface area contributed by atoms with Crippen LogP contribution in [0.15, 0.2) is 36.4 Å². The summed E-state index contributed by atoms with van der Waals surface area (Å²) < 4.78 is 0. The van der Waals surface area contributed by atoms with E-state index in [1.807, 2.05) is 0 Å². The van der Waals surface area contributed by atoms with Gasteiger partial charge in [-0.25, -0.2) is 0 Å². The number of aryl methyl sites for hydroxylation is 1. The third-order valence-electron chi connectivity index (χ3n) is 9.20. The largest absolute Gasteiger partial charge is 0.481 e. The van der Waals surface area contributed by atoms with Crippen LogP contribution in [0.25, 0.3) is 0 Å². The molecule has 4 N–H and O–H groups in total. The van der Waals surface area contributed by atoms with E-state index >= 15 is 0 Å². The number of aliphatic hydroxyl groups is 1. The van der Waals surface area contributed by atoms with Crippen molar-refractivity contribution in [3.63, 3.8) is 0 Å². The van der Waals surface area contributed by atoms with Crippen LogP contribution in [0.4, 0.5) is 0 Å². The maximum Gasteiger partial charge on any atom is 0.309 e. The SMILES string of the molecule is CCCCCCC=CCCC[C@@H]1[C@H]2CCc3ccccc3C[C@@H](C2)C([C@H](C(=O)O)[C@H](C)O)[C@H]1CCN. The third kappa shape index (κ3) is 7.68. The number of aliphatic hydroxyl groups excluding tert-OH is 1. The van der Waals surface area contributed by atoms with Crippen molar-refractivity contribution in [2.45, 2.75) is 103 Å². The first kappa shape index (κ1) is 28.9. The van der Waals surface area contributed by atoms with Crippen LogP contribution in [0.5, 0.6) is 0 Å². The second kappa shape index (κ2) is 14.9. The van der Waals surface area contributed by atoms with Crippen molar-refractivity contribution in [2.75, 3.05) is 6.54 Å². The van der Waals surface area contributed by atoms with Crippen molar-refractivity contribution < 1.29 is 15.0 Å². The molecule has 0 spiro atoms. The van der Waals surface area contributed by atoms with Gasteiger partial charge in [0.2, 0.25) is 0 Å². The van der Waals surface area contributed by atoms with Crippen LogP contribution < -0.4 is 5.73 Å². The first-order valence-corrected chi connectivity index (χ1v) is 14.8. The van der Waals surface area contributed by atoms with E-state index in [2.05, 4.69) is 43.3 Å². The number of carbonyl (C=O) groups is 1. The minimum atomic E-state index is -0.860. The van der Waals surface area contributed by atoms with E-state index in [-0.39, 0.29) is 17.8 Å². The Labute approximate surface area is 219 Å². The van der Waals surface area contributed by atoms with E-state index in [1.54, 1.807) is 6.92 Å². The Morgan fingerprint density at radius 1 is 1.03 bits per heavy atom. The van der Waals surface area contributed by atoms with Crippen LogP contribution >= 0.6 is 0 Å². The fraction of sp³-hybridized carbons (Fsp3) is 0.719. The fourth-order valence-corrected chi connectivity index (χ4v) is 7.58. The van der Waals surface area contributed by atoms with Gasteiger partial charge in [-0.1, -0.05) is 62.6 Å². The van der Waals surface area contributed by atoms with Crippen LogP contribution in [0.2, 0.25) is 0 Å². The molecule has 0 radical (unpaired) electrons. The highest BCUT2D eigenvalue weighted by molar-refractivity contribution is 5.71. The van der Waals surface area contributed by atoms with Gasteiger partial charge in [0.25, 0.3) is 0 Å². The molecular formula is C32H51NO3. The van der Waals surface area contributed by atoms with Crippen molar-refractivity contribution >= 4 is 5.97 Å². The van der Waals surface area contributed by atoms with E-state index in [9.17, 15) is 15.0 Å². The summed E-state index contributed by atoms with van der Waals surface area (Å²) in [5.74, 6) is 0.0182. The molecule has 0 heterocycles. The molecule has 1 unspecified atom stereocenters. The number of unbranched alkanes of at least 4 members (excludes halogenated alkanes) is 5. The number of carboxylic acids is 1. The van der Waals surface area contributed by atoms with Gasteiger partial charge in [0, 0.05) is 0 Å². The highest BCUT2D eigenvalue weighted by Gasteiger charge is 2.50. The van der Waals surface area contributed by atoms with Gasteiger partial charge in [0.1, 0.15) is 0 Å². The molecular weight excluding hydrogens is 446 g/mol. The van der Waals surface area contributed by atoms with Crippen LogP contribution in [-0.2, 0) is 17.6 Å². The maximum atomic E-state index is 12.5. The predicted molar refractivity (Wildman–Crippen MR) is 149 cm³/mol. The zero-order valence-corrected chi connectivity index (χ0v) is 22.8. The number of aliphatic carboxylic acids is 1. The number of hydrogen-bond donors (Lipinski definition) is 3. The number of hydrogen-bond acceptors (Lipinski definition) is 3. The Kier molecular flexibility index (Phi) is 12.0. The standard InChI is InChI=1S/C32H51NO3/c1-3-4-5-6-7-8-9-10-11-16-28-26-18-17-24-14-12-13-15-25(24)21-27(22-26)31(29(28)19-20-33)30(23(2)34)32(35)36/h8-9,12-15,23,26-31,34H,3-7,10-11,16-22,33H2,1-2H3,(H,35,36)/t23-,26-,27-,28+,29-,30+,31?/m0/s1. The van der Waals surface area contributed by atoms with Gasteiger partial charge in [-0.3, -0.25) is 4.79 Å². The number of carboxylic acid groups (broad SMARTS) is 1. The lowest BCUT2D eigenvalue weighted by molar-refractivity contribution is -0.154. The molecule has 0 saturated heterocycles. The Hall–Kier alpha value is -1.65. The summed E-state index contributed by atoms with van der Waals surface area (Å²) in [5, 5.41) is 20.9. The molecule has 1 saturated carbocycles. The molecule has 2 aliphatic carbocycles. The Bertz CT molecular complexity index is 819. The molecule has 2 bridgehead atoms. The van der Waals surface area contributed by atoms with Crippen molar-refractivity contribution in [3.05, 3.63) is 47.5 Å². The molecule has 4 heteroatoms. The minimum absolute atomic E-state index is 0.0347. The summed E-state index contributed by atoms with van der Waals surface area (Å²) in [5.41, 5.74) is 8.95. The van der Waals surface area contributed by atoms with Crippen LogP contribution in [-0.4, -0.2) is 28.8 Å². The van der Waals surface area contributed by atoms with Gasteiger partial charge in [-0.05, 0) is 118 Å². The second-order valence-electron chi connectivity index (χ2n) is 11.6. The Morgan fingerprint density at radius 2 is 1.75 bits per heavy atom. The summed E-state index contributed by atoms with van der Waals surface area (Å²) in [6.45, 7) is 4.50. The van der Waals surface area contributed by atoms with Crippen LogP contribution in [0, 0.1) is 35.5 Å². The lowest BCUT2D eigenvalue weighted by atomic mass is 9.53. The molecule has 0 aliphatic heterocycles. The Morgan fingerprint density at radius 3 is 2.42 bits per heavy atom. The minimum Gasteiger partial charge on any atom is -0.481 e. The first-order valence-electron chi connectivity index (χ1n) is 14.8. The molecule has 4 nitrogen and oxygen atoms in total. The predicted octanol–water partition coefficient (Wildman–Crippen LogP) is 6.79. The first-order chi connectivity index (χ1) is 17.5. The van der Waals surface area contributed by atoms with Crippen LogP contribution in [0.3, 0.4) is 0 Å². The average Bonchev–Trinajstić information content (AvgIpc) is 2.83. The van der Waals surface area contributed by atoms with E-state index in [4.69, 9.17) is 5.73 Å². The highest BCUT2D eigenvalue weighted by Crippen LogP contribution is 2.52. The number of allylic oxidation sites excluding steroid dienone is 2. The van der Waals surface area contributed by atoms with E-state index in [0.717, 1.165) is 44.9 Å². The van der Waals surface area contributed by atoms with Gasteiger partial charge in [0.15, 0.2) is 0 Å². The summed E-state index contributed by atoms with van der Waals surface area (Å²) in [7, 11) is 0. The van der Waals surface area contributed by atoms with Crippen molar-refractivity contribution in [1.82, 2.24) is 0 Å². The quantitative estimate of drug-likeness (QED) is 0.195. The molecule has 7 atom stereocenters. The van der Waals surface area contributed by atoms with Gasteiger partial charge in [-0.15, -0.1) is 0 Å². The third-order valence-corrected chi connectivity index (χ3v) is 9.20. The molecule has 0 aromatic heterocycles. The lowest BCUT2D eigenvalue weighted by Gasteiger charge is -2.51.